The number of rotatable bonds is 8. The van der Waals surface area contributed by atoms with Crippen LogP contribution in [0.1, 0.15) is 29.8 Å². The van der Waals surface area contributed by atoms with Crippen molar-refractivity contribution >= 4 is 27.5 Å². The first-order chi connectivity index (χ1) is 13.8. The molecule has 6 heteroatoms. The third-order valence-electron chi connectivity index (χ3n) is 4.58. The summed E-state index contributed by atoms with van der Waals surface area (Å²) in [6, 6.07) is 18.1. The van der Waals surface area contributed by atoms with E-state index in [0.29, 0.717) is 13.0 Å². The molecule has 0 radical (unpaired) electrons. The Morgan fingerprint density at radius 3 is 2.68 bits per heavy atom. The number of carbonyl (C=O) groups excluding carboxylic acids is 1. The Balaban J connectivity index is 1.17. The number of hydrogen-bond acceptors (Lipinski definition) is 4. The van der Waals surface area contributed by atoms with Crippen LogP contribution in [0.25, 0.3) is 15.9 Å². The van der Waals surface area contributed by atoms with Gasteiger partial charge in [0.1, 0.15) is 0 Å². The molecule has 0 fully saturated rings. The lowest BCUT2D eigenvalue weighted by molar-refractivity contribution is -0.121. The molecule has 2 aromatic carbocycles. The van der Waals surface area contributed by atoms with Crippen molar-refractivity contribution in [1.82, 2.24) is 20.1 Å². The van der Waals surface area contributed by atoms with Crippen molar-refractivity contribution in [1.29, 1.82) is 0 Å². The van der Waals surface area contributed by atoms with Crippen LogP contribution in [0.15, 0.2) is 67.0 Å². The molecule has 1 N–H and O–H groups in total. The molecular weight excluding hydrogens is 368 g/mol. The quantitative estimate of drug-likeness (QED) is 0.450. The molecule has 2 aromatic heterocycles. The molecule has 4 rings (SSSR count). The van der Waals surface area contributed by atoms with Crippen LogP contribution in [-0.2, 0) is 17.8 Å². The van der Waals surface area contributed by atoms with Crippen LogP contribution in [0.5, 0.6) is 0 Å². The van der Waals surface area contributed by atoms with E-state index in [1.807, 2.05) is 59.4 Å². The van der Waals surface area contributed by atoms with Gasteiger partial charge in [-0.1, -0.05) is 24.3 Å². The molecule has 0 aliphatic rings. The topological polar surface area (TPSA) is 59.8 Å². The van der Waals surface area contributed by atoms with Crippen molar-refractivity contribution in [3.8, 4) is 5.69 Å². The highest BCUT2D eigenvalue weighted by Crippen LogP contribution is 2.22. The molecule has 0 aliphatic heterocycles. The zero-order valence-corrected chi connectivity index (χ0v) is 16.4. The molecule has 5 nitrogen and oxygen atoms in total. The van der Waals surface area contributed by atoms with Crippen LogP contribution in [0.2, 0.25) is 0 Å². The highest BCUT2D eigenvalue weighted by molar-refractivity contribution is 7.18. The summed E-state index contributed by atoms with van der Waals surface area (Å²) in [6.07, 6.45) is 7.00. The number of carbonyl (C=O) groups is 1. The SMILES string of the molecule is O=C(CCCCc1nc2ccccc2s1)NCc1ccc(-n2cccn2)cc1. The second-order valence-electron chi connectivity index (χ2n) is 6.68. The molecule has 0 atom stereocenters. The number of para-hydroxylation sites is 1. The summed E-state index contributed by atoms with van der Waals surface area (Å²) in [6.45, 7) is 0.552. The summed E-state index contributed by atoms with van der Waals surface area (Å²) >= 11 is 1.75. The predicted octanol–water partition coefficient (Wildman–Crippen LogP) is 4.51. The Morgan fingerprint density at radius 1 is 1.04 bits per heavy atom. The normalized spacial score (nSPS) is 11.0. The number of aromatic nitrogens is 3. The molecule has 0 unspecified atom stereocenters. The van der Waals surface area contributed by atoms with Gasteiger partial charge in [-0.25, -0.2) is 9.67 Å². The van der Waals surface area contributed by atoms with Gasteiger partial charge in [0.2, 0.25) is 5.91 Å². The van der Waals surface area contributed by atoms with Crippen molar-refractivity contribution in [3.63, 3.8) is 0 Å². The Labute approximate surface area is 168 Å². The largest absolute Gasteiger partial charge is 0.352 e. The molecule has 28 heavy (non-hydrogen) atoms. The van der Waals surface area contributed by atoms with Crippen LogP contribution in [0.4, 0.5) is 0 Å². The molecule has 142 valence electrons. The summed E-state index contributed by atoms with van der Waals surface area (Å²) in [5.74, 6) is 0.0976. The minimum atomic E-state index is 0.0976. The summed E-state index contributed by atoms with van der Waals surface area (Å²) in [5, 5.41) is 8.36. The fraction of sp³-hybridized carbons (Fsp3) is 0.227. The van der Waals surface area contributed by atoms with E-state index in [0.717, 1.165) is 41.0 Å². The van der Waals surface area contributed by atoms with Gasteiger partial charge in [-0.3, -0.25) is 4.79 Å². The maximum Gasteiger partial charge on any atom is 0.220 e. The molecule has 0 aliphatic carbocycles. The molecule has 0 saturated heterocycles. The Kier molecular flexibility index (Phi) is 5.77. The van der Waals surface area contributed by atoms with E-state index in [1.165, 1.54) is 4.70 Å². The van der Waals surface area contributed by atoms with Crippen LogP contribution in [-0.4, -0.2) is 20.7 Å². The van der Waals surface area contributed by atoms with Gasteiger partial charge in [-0.15, -0.1) is 11.3 Å². The van der Waals surface area contributed by atoms with E-state index >= 15 is 0 Å². The van der Waals surface area contributed by atoms with Crippen molar-refractivity contribution in [2.75, 3.05) is 0 Å². The van der Waals surface area contributed by atoms with Crippen LogP contribution in [0.3, 0.4) is 0 Å². The minimum absolute atomic E-state index is 0.0976. The number of nitrogens with zero attached hydrogens (tertiary/aromatic N) is 3. The average Bonchev–Trinajstić information content (AvgIpc) is 3.39. The van der Waals surface area contributed by atoms with Crippen LogP contribution < -0.4 is 5.32 Å². The maximum atomic E-state index is 12.1. The lowest BCUT2D eigenvalue weighted by atomic mass is 10.1. The van der Waals surface area contributed by atoms with Gasteiger partial charge in [0, 0.05) is 25.4 Å². The van der Waals surface area contributed by atoms with Crippen molar-refractivity contribution < 1.29 is 4.79 Å². The number of amides is 1. The first kappa shape index (κ1) is 18.4. The highest BCUT2D eigenvalue weighted by atomic mass is 32.1. The number of thiazole rings is 1. The molecule has 0 bridgehead atoms. The van der Waals surface area contributed by atoms with Gasteiger partial charge in [0.05, 0.1) is 20.9 Å². The minimum Gasteiger partial charge on any atom is -0.352 e. The fourth-order valence-electron chi connectivity index (χ4n) is 3.07. The molecule has 1 amide bonds. The van der Waals surface area contributed by atoms with Crippen LogP contribution in [0, 0.1) is 0 Å². The zero-order valence-electron chi connectivity index (χ0n) is 15.5. The fourth-order valence-corrected chi connectivity index (χ4v) is 4.07. The summed E-state index contributed by atoms with van der Waals surface area (Å²) in [5.41, 5.74) is 3.16. The maximum absolute atomic E-state index is 12.1. The predicted molar refractivity (Wildman–Crippen MR) is 113 cm³/mol. The van der Waals surface area contributed by atoms with E-state index in [1.54, 1.807) is 17.5 Å². The monoisotopic (exact) mass is 390 g/mol. The second-order valence-corrected chi connectivity index (χ2v) is 7.79. The smallest absolute Gasteiger partial charge is 0.220 e. The van der Waals surface area contributed by atoms with Gasteiger partial charge in [-0.2, -0.15) is 5.10 Å². The van der Waals surface area contributed by atoms with E-state index < -0.39 is 0 Å². The van der Waals surface area contributed by atoms with E-state index in [9.17, 15) is 4.79 Å². The highest BCUT2D eigenvalue weighted by Gasteiger charge is 2.05. The van der Waals surface area contributed by atoms with E-state index in [2.05, 4.69) is 21.5 Å². The van der Waals surface area contributed by atoms with Crippen molar-refractivity contribution in [3.05, 3.63) is 77.6 Å². The van der Waals surface area contributed by atoms with Gasteiger partial charge >= 0.3 is 0 Å². The van der Waals surface area contributed by atoms with Crippen molar-refractivity contribution in [2.24, 2.45) is 0 Å². The summed E-state index contributed by atoms with van der Waals surface area (Å²) in [7, 11) is 0. The first-order valence-electron chi connectivity index (χ1n) is 9.48. The number of hydrogen-bond donors (Lipinski definition) is 1. The summed E-state index contributed by atoms with van der Waals surface area (Å²) in [4.78, 5) is 16.7. The third-order valence-corrected chi connectivity index (χ3v) is 5.67. The Hall–Kier alpha value is -2.99. The Bertz CT molecular complexity index is 1010. The summed E-state index contributed by atoms with van der Waals surface area (Å²) < 4.78 is 3.04. The number of benzene rings is 2. The molecular formula is C22H22N4OS. The lowest BCUT2D eigenvalue weighted by Crippen LogP contribution is -2.22. The first-order valence-corrected chi connectivity index (χ1v) is 10.3. The molecule has 0 saturated carbocycles. The van der Waals surface area contributed by atoms with Gasteiger partial charge in [-0.05, 0) is 55.2 Å². The standard InChI is InChI=1S/C22H22N4OS/c27-21(8-3-4-9-22-25-19-6-1-2-7-20(19)28-22)23-16-17-10-12-18(13-11-17)26-15-5-14-24-26/h1-2,5-7,10-15H,3-4,8-9,16H2,(H,23,27). The zero-order chi connectivity index (χ0) is 19.2. The van der Waals surface area contributed by atoms with Gasteiger partial charge in [0.15, 0.2) is 0 Å². The number of fused-ring (bicyclic) bond motifs is 1. The number of aryl methyl sites for hydroxylation is 1. The molecule has 0 spiro atoms. The average molecular weight is 391 g/mol. The lowest BCUT2D eigenvalue weighted by Gasteiger charge is -2.07. The van der Waals surface area contributed by atoms with E-state index in [-0.39, 0.29) is 5.91 Å². The van der Waals surface area contributed by atoms with E-state index in [4.69, 9.17) is 0 Å². The van der Waals surface area contributed by atoms with Gasteiger partial charge < -0.3 is 5.32 Å². The third kappa shape index (κ3) is 4.64. The second kappa shape index (κ2) is 8.80. The van der Waals surface area contributed by atoms with Gasteiger partial charge in [0.25, 0.3) is 0 Å². The number of nitrogens with one attached hydrogen (secondary N) is 1. The van der Waals surface area contributed by atoms with Crippen molar-refractivity contribution in [2.45, 2.75) is 32.2 Å². The van der Waals surface area contributed by atoms with Crippen LogP contribution >= 0.6 is 11.3 Å². The molecule has 4 aromatic rings. The number of unbranched alkanes of at least 4 members (excludes halogenated alkanes) is 1. The Morgan fingerprint density at radius 2 is 1.89 bits per heavy atom. The molecule has 2 heterocycles.